The number of rotatable bonds is 6. The third kappa shape index (κ3) is 4.16. The summed E-state index contributed by atoms with van der Waals surface area (Å²) in [4.78, 5) is 15.3. The van der Waals surface area contributed by atoms with Crippen molar-refractivity contribution < 1.29 is 19.2 Å². The molecule has 0 saturated carbocycles. The highest BCUT2D eigenvalue weighted by molar-refractivity contribution is 7.16. The molecule has 0 fully saturated rings. The molecule has 7 heteroatoms. The van der Waals surface area contributed by atoms with E-state index < -0.39 is 0 Å². The number of anilines is 1. The molecule has 1 atom stereocenters. The molecule has 1 aliphatic heterocycles. The van der Waals surface area contributed by atoms with Crippen LogP contribution in [0.1, 0.15) is 46.4 Å². The van der Waals surface area contributed by atoms with Crippen molar-refractivity contribution in [3.05, 3.63) is 39.3 Å². The van der Waals surface area contributed by atoms with Gasteiger partial charge in [0.2, 0.25) is 5.91 Å². The Balaban J connectivity index is 1.36. The molecule has 2 aromatic rings. The molecule has 2 heterocycles. The number of nitriles is 1. The van der Waals surface area contributed by atoms with Gasteiger partial charge in [-0.2, -0.15) is 5.26 Å². The first-order chi connectivity index (χ1) is 14.6. The Bertz CT molecular complexity index is 993. The van der Waals surface area contributed by atoms with E-state index >= 15 is 0 Å². The summed E-state index contributed by atoms with van der Waals surface area (Å²) in [5.41, 5.74) is 4.39. The summed E-state index contributed by atoms with van der Waals surface area (Å²) < 4.78 is 10.8. The van der Waals surface area contributed by atoms with Crippen molar-refractivity contribution in [3.8, 4) is 17.6 Å². The quantitative estimate of drug-likeness (QED) is 0.744. The molecule has 2 N–H and O–H groups in total. The summed E-state index contributed by atoms with van der Waals surface area (Å²) in [5, 5.41) is 13.3. The van der Waals surface area contributed by atoms with Gasteiger partial charge in [-0.25, -0.2) is 0 Å². The highest BCUT2D eigenvalue weighted by atomic mass is 32.1. The minimum Gasteiger partial charge on any atom is -0.493 e. The van der Waals surface area contributed by atoms with Crippen molar-refractivity contribution in [1.82, 2.24) is 0 Å². The lowest BCUT2D eigenvalue weighted by molar-refractivity contribution is -0.915. The average molecular weight is 427 g/mol. The van der Waals surface area contributed by atoms with Gasteiger partial charge in [-0.3, -0.25) is 4.79 Å². The SMILES string of the molecule is COc1cc2c(cc1OC)C[NH+](CCC(=O)Nc1sc3c(c1C#N)CCCC3)CC2. The first kappa shape index (κ1) is 20.7. The number of methoxy groups -OCH3 is 2. The van der Waals surface area contributed by atoms with Crippen LogP contribution < -0.4 is 19.7 Å². The van der Waals surface area contributed by atoms with E-state index in [0.717, 1.165) is 67.4 Å². The minimum absolute atomic E-state index is 0.00398. The van der Waals surface area contributed by atoms with Crippen LogP contribution in [-0.2, 0) is 30.6 Å². The van der Waals surface area contributed by atoms with E-state index in [1.807, 2.05) is 0 Å². The highest BCUT2D eigenvalue weighted by Crippen LogP contribution is 2.37. The van der Waals surface area contributed by atoms with Crippen molar-refractivity contribution in [2.75, 3.05) is 32.6 Å². The predicted octanol–water partition coefficient (Wildman–Crippen LogP) is 2.49. The van der Waals surface area contributed by atoms with Crippen LogP contribution in [0.4, 0.5) is 5.00 Å². The highest BCUT2D eigenvalue weighted by Gasteiger charge is 2.24. The van der Waals surface area contributed by atoms with Gasteiger partial charge in [0.15, 0.2) is 11.5 Å². The van der Waals surface area contributed by atoms with Gasteiger partial charge in [0.25, 0.3) is 0 Å². The van der Waals surface area contributed by atoms with Crippen molar-refractivity contribution in [2.45, 2.75) is 45.1 Å². The van der Waals surface area contributed by atoms with Gasteiger partial charge in [-0.05, 0) is 48.9 Å². The Morgan fingerprint density at radius 1 is 1.17 bits per heavy atom. The third-order valence-corrected chi connectivity index (χ3v) is 7.34. The van der Waals surface area contributed by atoms with E-state index in [1.54, 1.807) is 25.6 Å². The molecule has 0 saturated heterocycles. The van der Waals surface area contributed by atoms with Gasteiger partial charge in [0.1, 0.15) is 17.6 Å². The summed E-state index contributed by atoms with van der Waals surface area (Å²) in [7, 11) is 3.31. The molecule has 0 spiro atoms. The molecule has 1 aliphatic carbocycles. The number of nitrogens with zero attached hydrogens (tertiary/aromatic N) is 1. The van der Waals surface area contributed by atoms with Crippen LogP contribution in [0.15, 0.2) is 12.1 Å². The van der Waals surface area contributed by atoms with Crippen LogP contribution in [0.3, 0.4) is 0 Å². The lowest BCUT2D eigenvalue weighted by atomic mass is 9.96. The average Bonchev–Trinajstić information content (AvgIpc) is 3.13. The molecule has 158 valence electrons. The number of carbonyl (C=O) groups is 1. The molecule has 1 amide bonds. The summed E-state index contributed by atoms with van der Waals surface area (Å²) in [6.07, 6.45) is 5.69. The standard InChI is InChI=1S/C23H27N3O3S/c1-28-19-11-15-7-9-26(14-16(15)12-20(19)29-2)10-8-22(27)25-23-18(13-24)17-5-3-4-6-21(17)30-23/h11-12H,3-10,14H2,1-2H3,(H,25,27)/p+1. The van der Waals surface area contributed by atoms with Gasteiger partial charge in [-0.1, -0.05) is 0 Å². The Labute approximate surface area is 181 Å². The monoisotopic (exact) mass is 426 g/mol. The molecular weight excluding hydrogens is 398 g/mol. The number of hydrogen-bond donors (Lipinski definition) is 2. The first-order valence-electron chi connectivity index (χ1n) is 10.5. The fraction of sp³-hybridized carbons (Fsp3) is 0.478. The molecule has 1 unspecified atom stereocenters. The first-order valence-corrected chi connectivity index (χ1v) is 11.4. The van der Waals surface area contributed by atoms with Crippen LogP contribution in [0.5, 0.6) is 11.5 Å². The summed E-state index contributed by atoms with van der Waals surface area (Å²) in [5.74, 6) is 1.52. The zero-order valence-electron chi connectivity index (χ0n) is 17.6. The maximum absolute atomic E-state index is 12.6. The summed E-state index contributed by atoms with van der Waals surface area (Å²) >= 11 is 1.59. The van der Waals surface area contributed by atoms with Gasteiger partial charge < -0.3 is 19.7 Å². The second kappa shape index (κ2) is 9.07. The molecule has 0 bridgehead atoms. The Hall–Kier alpha value is -2.56. The van der Waals surface area contributed by atoms with Crippen LogP contribution in [-0.4, -0.2) is 33.2 Å². The number of aryl methyl sites for hydroxylation is 1. The molecule has 1 aromatic heterocycles. The van der Waals surface area contributed by atoms with Crippen LogP contribution in [0.2, 0.25) is 0 Å². The van der Waals surface area contributed by atoms with E-state index in [1.165, 1.54) is 27.3 Å². The van der Waals surface area contributed by atoms with Crippen LogP contribution in [0.25, 0.3) is 0 Å². The van der Waals surface area contributed by atoms with E-state index in [-0.39, 0.29) is 5.91 Å². The maximum Gasteiger partial charge on any atom is 0.230 e. The number of amides is 1. The van der Waals surface area contributed by atoms with Gasteiger partial charge >= 0.3 is 0 Å². The number of quaternary nitrogens is 1. The normalized spacial score (nSPS) is 17.4. The van der Waals surface area contributed by atoms with Crippen molar-refractivity contribution in [3.63, 3.8) is 0 Å². The molecule has 6 nitrogen and oxygen atoms in total. The Kier molecular flexibility index (Phi) is 6.26. The molecule has 4 rings (SSSR count). The topological polar surface area (TPSA) is 75.8 Å². The van der Waals surface area contributed by atoms with Crippen molar-refractivity contribution in [1.29, 1.82) is 5.26 Å². The summed E-state index contributed by atoms with van der Waals surface area (Å²) in [6.45, 7) is 2.64. The van der Waals surface area contributed by atoms with Gasteiger partial charge in [0, 0.05) is 16.9 Å². The number of carbonyl (C=O) groups excluding carboxylic acids is 1. The molecule has 1 aromatic carbocycles. The largest absolute Gasteiger partial charge is 0.493 e. The van der Waals surface area contributed by atoms with Crippen LogP contribution in [0, 0.1) is 11.3 Å². The summed E-state index contributed by atoms with van der Waals surface area (Å²) in [6, 6.07) is 6.44. The zero-order valence-corrected chi connectivity index (χ0v) is 18.4. The molecule has 30 heavy (non-hydrogen) atoms. The smallest absolute Gasteiger partial charge is 0.230 e. The minimum atomic E-state index is -0.00398. The number of nitrogens with one attached hydrogen (secondary N) is 2. The number of ether oxygens (including phenoxy) is 2. The fourth-order valence-corrected chi connectivity index (χ4v) is 5.75. The lowest BCUT2D eigenvalue weighted by Gasteiger charge is -2.26. The van der Waals surface area contributed by atoms with E-state index in [2.05, 4.69) is 23.5 Å². The molecule has 2 aliphatic rings. The second-order valence-electron chi connectivity index (χ2n) is 7.98. The van der Waals surface area contributed by atoms with Crippen molar-refractivity contribution >= 4 is 22.2 Å². The predicted molar refractivity (Wildman–Crippen MR) is 117 cm³/mol. The Morgan fingerprint density at radius 2 is 1.90 bits per heavy atom. The van der Waals surface area contributed by atoms with Gasteiger partial charge in [0.05, 0.1) is 39.3 Å². The lowest BCUT2D eigenvalue weighted by Crippen LogP contribution is -3.11. The third-order valence-electron chi connectivity index (χ3n) is 6.14. The van der Waals surface area contributed by atoms with E-state index in [4.69, 9.17) is 9.47 Å². The van der Waals surface area contributed by atoms with E-state index in [0.29, 0.717) is 12.0 Å². The second-order valence-corrected chi connectivity index (χ2v) is 9.08. The Morgan fingerprint density at radius 3 is 2.63 bits per heavy atom. The van der Waals surface area contributed by atoms with Crippen molar-refractivity contribution in [2.24, 2.45) is 0 Å². The fourth-order valence-electron chi connectivity index (χ4n) is 4.49. The maximum atomic E-state index is 12.6. The number of fused-ring (bicyclic) bond motifs is 2. The van der Waals surface area contributed by atoms with E-state index in [9.17, 15) is 10.1 Å². The molecule has 0 radical (unpaired) electrons. The zero-order chi connectivity index (χ0) is 21.1. The number of benzene rings is 1. The number of hydrogen-bond acceptors (Lipinski definition) is 5. The number of thiophene rings is 1. The van der Waals surface area contributed by atoms with Gasteiger partial charge in [-0.15, -0.1) is 11.3 Å². The molecular formula is C23H28N3O3S+. The van der Waals surface area contributed by atoms with Crippen LogP contribution >= 0.6 is 11.3 Å².